The molecular weight excluding hydrogens is 367 g/mol. The van der Waals surface area contributed by atoms with Gasteiger partial charge in [0.25, 0.3) is 0 Å². The van der Waals surface area contributed by atoms with Crippen LogP contribution in [-0.4, -0.2) is 41.6 Å². The summed E-state index contributed by atoms with van der Waals surface area (Å²) >= 11 is 1.49. The number of anilines is 1. The van der Waals surface area contributed by atoms with E-state index in [0.29, 0.717) is 17.0 Å². The predicted molar refractivity (Wildman–Crippen MR) is 90.2 cm³/mol. The van der Waals surface area contributed by atoms with Crippen molar-refractivity contribution >= 4 is 33.0 Å². The van der Waals surface area contributed by atoms with Crippen molar-refractivity contribution in [3.8, 4) is 11.4 Å². The lowest BCUT2D eigenvalue weighted by atomic mass is 10.1. The van der Waals surface area contributed by atoms with Crippen LogP contribution in [-0.2, 0) is 0 Å². The van der Waals surface area contributed by atoms with Gasteiger partial charge in [-0.25, -0.2) is 19.2 Å². The van der Waals surface area contributed by atoms with E-state index in [4.69, 9.17) is 0 Å². The Hall–Kier alpha value is -2.69. The van der Waals surface area contributed by atoms with Crippen molar-refractivity contribution < 1.29 is 13.2 Å². The summed E-state index contributed by atoms with van der Waals surface area (Å²) in [6, 6.07) is -0.106. The largest absolute Gasteiger partial charge is 0.410 e. The van der Waals surface area contributed by atoms with Crippen LogP contribution in [0, 0.1) is 0 Å². The van der Waals surface area contributed by atoms with Gasteiger partial charge in [-0.2, -0.15) is 18.3 Å². The van der Waals surface area contributed by atoms with Gasteiger partial charge in [0.15, 0.2) is 17.5 Å². The van der Waals surface area contributed by atoms with Crippen molar-refractivity contribution in [2.75, 3.05) is 5.32 Å². The monoisotopic (exact) mass is 379 g/mol. The molecule has 11 heteroatoms. The van der Waals surface area contributed by atoms with E-state index in [2.05, 4.69) is 25.5 Å². The smallest absolute Gasteiger partial charge is 0.367 e. The molecule has 0 aliphatic carbocycles. The van der Waals surface area contributed by atoms with Gasteiger partial charge in [-0.05, 0) is 24.8 Å². The normalized spacial score (nSPS) is 20.5. The Bertz CT molecular complexity index is 1130. The molecule has 7 nitrogen and oxygen atoms in total. The van der Waals surface area contributed by atoms with Crippen LogP contribution in [0.5, 0.6) is 0 Å². The molecule has 4 aromatic heterocycles. The Morgan fingerprint density at radius 1 is 1.35 bits per heavy atom. The Morgan fingerprint density at radius 3 is 3.00 bits per heavy atom. The summed E-state index contributed by atoms with van der Waals surface area (Å²) in [4.78, 5) is 9.65. The average Bonchev–Trinajstić information content (AvgIpc) is 3.28. The number of aromatic nitrogens is 6. The summed E-state index contributed by atoms with van der Waals surface area (Å²) in [6.07, 6.45) is -1.51. The number of hydrogen-bond donors (Lipinski definition) is 1. The molecule has 0 bridgehead atoms. The fourth-order valence-corrected chi connectivity index (χ4v) is 4.01. The van der Waals surface area contributed by atoms with Gasteiger partial charge in [-0.1, -0.05) is 0 Å². The lowest BCUT2D eigenvalue weighted by molar-refractivity contribution is -0.173. The number of alkyl halides is 3. The minimum atomic E-state index is -4.37. The Balaban J connectivity index is 1.68. The van der Waals surface area contributed by atoms with Crippen LogP contribution in [0.3, 0.4) is 0 Å². The van der Waals surface area contributed by atoms with E-state index in [0.717, 1.165) is 14.9 Å². The molecule has 1 aliphatic rings. The third-order valence-corrected chi connectivity index (χ3v) is 5.29. The maximum atomic E-state index is 13.4. The molecular formula is C15H12F3N7S. The molecule has 1 aliphatic heterocycles. The number of fused-ring (bicyclic) bond motifs is 4. The van der Waals surface area contributed by atoms with Crippen LogP contribution in [0.25, 0.3) is 27.3 Å². The van der Waals surface area contributed by atoms with E-state index in [1.54, 1.807) is 13.3 Å². The summed E-state index contributed by atoms with van der Waals surface area (Å²) in [7, 11) is 0. The molecule has 2 unspecified atom stereocenters. The van der Waals surface area contributed by atoms with Crippen molar-refractivity contribution in [1.82, 2.24) is 29.4 Å². The zero-order valence-electron chi connectivity index (χ0n) is 13.4. The third kappa shape index (κ3) is 2.19. The lowest BCUT2D eigenvalue weighted by Crippen LogP contribution is -2.38. The highest BCUT2D eigenvalue weighted by Gasteiger charge is 2.46. The van der Waals surface area contributed by atoms with Crippen molar-refractivity contribution in [3.05, 3.63) is 24.0 Å². The number of halogens is 3. The van der Waals surface area contributed by atoms with E-state index >= 15 is 0 Å². The maximum absolute atomic E-state index is 13.4. The number of hydrogen-bond acceptors (Lipinski definition) is 6. The second-order valence-corrected chi connectivity index (χ2v) is 7.17. The first kappa shape index (κ1) is 15.6. The zero-order valence-corrected chi connectivity index (χ0v) is 14.2. The first-order valence-electron chi connectivity index (χ1n) is 7.91. The van der Waals surface area contributed by atoms with Crippen LogP contribution >= 0.6 is 11.3 Å². The highest BCUT2D eigenvalue weighted by atomic mass is 32.1. The maximum Gasteiger partial charge on any atom is 0.410 e. The number of thiophene rings is 1. The Kier molecular flexibility index (Phi) is 3.09. The van der Waals surface area contributed by atoms with E-state index in [-0.39, 0.29) is 18.3 Å². The molecule has 5 heterocycles. The fraction of sp³-hybridized carbons (Fsp3) is 0.333. The molecule has 0 spiro atoms. The molecule has 2 atom stereocenters. The second-order valence-electron chi connectivity index (χ2n) is 6.28. The average molecular weight is 379 g/mol. The van der Waals surface area contributed by atoms with Gasteiger partial charge < -0.3 is 5.32 Å². The first-order valence-corrected chi connectivity index (χ1v) is 8.79. The van der Waals surface area contributed by atoms with Gasteiger partial charge in [0.05, 0.1) is 17.1 Å². The van der Waals surface area contributed by atoms with Crippen LogP contribution in [0.4, 0.5) is 19.0 Å². The summed E-state index contributed by atoms with van der Waals surface area (Å²) < 4.78 is 42.7. The van der Waals surface area contributed by atoms with Gasteiger partial charge in [0, 0.05) is 6.04 Å². The van der Waals surface area contributed by atoms with Gasteiger partial charge >= 0.3 is 6.18 Å². The molecule has 0 saturated carbocycles. The van der Waals surface area contributed by atoms with Crippen molar-refractivity contribution in [1.29, 1.82) is 0 Å². The minimum Gasteiger partial charge on any atom is -0.367 e. The molecule has 0 radical (unpaired) electrons. The van der Waals surface area contributed by atoms with Crippen LogP contribution in [0.15, 0.2) is 24.0 Å². The molecule has 4 aromatic rings. The lowest BCUT2D eigenvalue weighted by Gasteiger charge is -2.31. The Morgan fingerprint density at radius 2 is 2.19 bits per heavy atom. The summed E-state index contributed by atoms with van der Waals surface area (Å²) in [5.74, 6) is 0.603. The minimum absolute atomic E-state index is 0.0737. The molecule has 0 saturated heterocycles. The SMILES string of the molecule is CC1CC(C(F)(F)F)n2ncc(-c3nc4c5ccsc5ncn4n3)c2N1. The molecule has 26 heavy (non-hydrogen) atoms. The highest BCUT2D eigenvalue weighted by Crippen LogP contribution is 2.42. The molecule has 134 valence electrons. The quantitative estimate of drug-likeness (QED) is 0.548. The van der Waals surface area contributed by atoms with Crippen LogP contribution in [0.2, 0.25) is 0 Å². The van der Waals surface area contributed by atoms with Gasteiger partial charge in [-0.3, -0.25) is 0 Å². The van der Waals surface area contributed by atoms with Crippen molar-refractivity contribution in [2.45, 2.75) is 31.6 Å². The molecule has 0 aromatic carbocycles. The predicted octanol–water partition coefficient (Wildman–Crippen LogP) is 3.51. The van der Waals surface area contributed by atoms with Gasteiger partial charge in [-0.15, -0.1) is 16.4 Å². The molecule has 5 rings (SSSR count). The standard InChI is InChI=1S/C15H12F3N7S/c1-7-4-10(15(16,17)18)25-13(21-7)9(5-20-25)11-22-12-8-2-3-26-14(8)19-6-24(12)23-11/h2-3,5-7,10,21H,4H2,1H3. The Labute approximate surface area is 148 Å². The highest BCUT2D eigenvalue weighted by molar-refractivity contribution is 7.16. The van der Waals surface area contributed by atoms with Crippen molar-refractivity contribution in [2.24, 2.45) is 0 Å². The van der Waals surface area contributed by atoms with E-state index in [1.165, 1.54) is 22.0 Å². The van der Waals surface area contributed by atoms with E-state index in [9.17, 15) is 13.2 Å². The third-order valence-electron chi connectivity index (χ3n) is 4.47. The molecule has 1 N–H and O–H groups in total. The number of nitrogens with one attached hydrogen (secondary N) is 1. The topological polar surface area (TPSA) is 72.9 Å². The zero-order chi connectivity index (χ0) is 18.1. The fourth-order valence-electron chi connectivity index (χ4n) is 3.29. The second kappa shape index (κ2) is 5.16. The van der Waals surface area contributed by atoms with E-state index in [1.807, 2.05) is 11.4 Å². The summed E-state index contributed by atoms with van der Waals surface area (Å²) in [5.41, 5.74) is 1.06. The van der Waals surface area contributed by atoms with Crippen LogP contribution < -0.4 is 5.32 Å². The van der Waals surface area contributed by atoms with E-state index < -0.39 is 12.2 Å². The van der Waals surface area contributed by atoms with Crippen molar-refractivity contribution in [3.63, 3.8) is 0 Å². The van der Waals surface area contributed by atoms with Crippen LogP contribution in [0.1, 0.15) is 19.4 Å². The van der Waals surface area contributed by atoms with Gasteiger partial charge in [0.1, 0.15) is 17.0 Å². The number of nitrogens with zero attached hydrogens (tertiary/aromatic N) is 6. The number of rotatable bonds is 1. The summed E-state index contributed by atoms with van der Waals surface area (Å²) in [5, 5.41) is 14.2. The van der Waals surface area contributed by atoms with Gasteiger partial charge in [0.2, 0.25) is 0 Å². The molecule has 0 fully saturated rings. The molecule has 0 amide bonds. The first-order chi connectivity index (χ1) is 12.4. The summed E-state index contributed by atoms with van der Waals surface area (Å²) in [6.45, 7) is 1.72.